The number of methoxy groups -OCH3 is 3. The Kier molecular flexibility index (Phi) is 6.59. The third-order valence-electron chi connectivity index (χ3n) is 5.85. The minimum atomic E-state index is -1.37. The Balaban J connectivity index is 1.51. The van der Waals surface area contributed by atoms with Gasteiger partial charge in [0.1, 0.15) is 12.1 Å². The molecular formula is C24H27N3O8. The number of nitrogens with one attached hydrogen (secondary N) is 2. The Morgan fingerprint density at radius 1 is 1.03 bits per heavy atom. The molecule has 0 spiro atoms. The van der Waals surface area contributed by atoms with E-state index in [2.05, 4.69) is 10.6 Å². The summed E-state index contributed by atoms with van der Waals surface area (Å²) in [5.74, 6) is 1.00. The highest BCUT2D eigenvalue weighted by atomic mass is 16.5. The molecule has 35 heavy (non-hydrogen) atoms. The number of rotatable bonds is 7. The molecule has 4 rings (SSSR count). The van der Waals surface area contributed by atoms with Crippen LogP contribution in [0.15, 0.2) is 30.3 Å². The molecule has 2 N–H and O–H groups in total. The van der Waals surface area contributed by atoms with Gasteiger partial charge in [-0.05, 0) is 24.6 Å². The van der Waals surface area contributed by atoms with Crippen LogP contribution in [0.5, 0.6) is 28.7 Å². The van der Waals surface area contributed by atoms with Gasteiger partial charge in [0.05, 0.1) is 34.5 Å². The number of urea groups is 1. The summed E-state index contributed by atoms with van der Waals surface area (Å²) in [5.41, 5.74) is -0.496. The van der Waals surface area contributed by atoms with E-state index in [0.717, 1.165) is 11.3 Å². The van der Waals surface area contributed by atoms with Gasteiger partial charge in [0.15, 0.2) is 23.0 Å². The highest BCUT2D eigenvalue weighted by Crippen LogP contribution is 2.40. The number of hydrogen-bond donors (Lipinski definition) is 2. The molecule has 2 aromatic rings. The average Bonchev–Trinajstić information content (AvgIpc) is 3.01. The van der Waals surface area contributed by atoms with Crippen molar-refractivity contribution in [1.29, 1.82) is 0 Å². The number of carbonyl (C=O) groups excluding carboxylic acids is 3. The molecule has 0 unspecified atom stereocenters. The minimum absolute atomic E-state index is 0.346. The highest BCUT2D eigenvalue weighted by Gasteiger charge is 2.49. The van der Waals surface area contributed by atoms with Crippen LogP contribution >= 0.6 is 0 Å². The van der Waals surface area contributed by atoms with Crippen molar-refractivity contribution in [2.45, 2.75) is 18.9 Å². The molecule has 0 aromatic heterocycles. The van der Waals surface area contributed by atoms with Gasteiger partial charge in [-0.25, -0.2) is 4.79 Å². The topological polar surface area (TPSA) is 125 Å². The molecule has 0 saturated carbocycles. The monoisotopic (exact) mass is 485 g/mol. The molecule has 11 heteroatoms. The first-order valence-electron chi connectivity index (χ1n) is 10.9. The summed E-state index contributed by atoms with van der Waals surface area (Å²) in [6.45, 7) is 2.12. The third kappa shape index (κ3) is 4.48. The fourth-order valence-electron chi connectivity index (χ4n) is 4.01. The number of ether oxygens (including phenoxy) is 5. The quantitative estimate of drug-likeness (QED) is 0.573. The summed E-state index contributed by atoms with van der Waals surface area (Å²) in [7, 11) is 4.38. The van der Waals surface area contributed by atoms with Gasteiger partial charge in [-0.1, -0.05) is 6.07 Å². The van der Waals surface area contributed by atoms with Crippen LogP contribution in [0.3, 0.4) is 0 Å². The van der Waals surface area contributed by atoms with Crippen LogP contribution in [0.4, 0.5) is 10.5 Å². The lowest BCUT2D eigenvalue weighted by Crippen LogP contribution is -2.42. The van der Waals surface area contributed by atoms with Gasteiger partial charge in [0, 0.05) is 24.2 Å². The van der Waals surface area contributed by atoms with E-state index in [1.807, 2.05) is 0 Å². The average molecular weight is 485 g/mol. The first-order valence-corrected chi connectivity index (χ1v) is 10.9. The van der Waals surface area contributed by atoms with E-state index in [4.69, 9.17) is 23.7 Å². The van der Waals surface area contributed by atoms with Crippen LogP contribution < -0.4 is 34.3 Å². The molecule has 0 bridgehead atoms. The number of hydrogen-bond acceptors (Lipinski definition) is 8. The van der Waals surface area contributed by atoms with Gasteiger partial charge in [-0.2, -0.15) is 0 Å². The number of carbonyl (C=O) groups is 3. The maximum Gasteiger partial charge on any atom is 0.325 e. The Morgan fingerprint density at radius 3 is 2.31 bits per heavy atom. The summed E-state index contributed by atoms with van der Waals surface area (Å²) >= 11 is 0. The second-order valence-corrected chi connectivity index (χ2v) is 8.12. The Labute approximate surface area is 202 Å². The standard InChI is InChI=1S/C24H27N3O8/c1-24(14-6-7-16-17(10-14)35-9-5-8-34-16)22(29)27(23(30)26-24)13-20(28)25-15-11-18(31-2)21(33-4)19(12-15)32-3/h6-7,10-12H,5,8-9,13H2,1-4H3,(H,25,28)(H,26,30)/t24-/m0/s1. The Hall–Kier alpha value is -4.15. The Morgan fingerprint density at radius 2 is 1.69 bits per heavy atom. The van der Waals surface area contributed by atoms with Gasteiger partial charge in [-0.15, -0.1) is 0 Å². The molecule has 2 aliphatic heterocycles. The summed E-state index contributed by atoms with van der Waals surface area (Å²) in [4.78, 5) is 39.6. The Bertz CT molecular complexity index is 1140. The van der Waals surface area contributed by atoms with Gasteiger partial charge in [-0.3, -0.25) is 14.5 Å². The lowest BCUT2D eigenvalue weighted by molar-refractivity contribution is -0.133. The number of imide groups is 1. The van der Waals surface area contributed by atoms with Gasteiger partial charge >= 0.3 is 6.03 Å². The normalized spacial score (nSPS) is 19.0. The maximum atomic E-state index is 13.3. The van der Waals surface area contributed by atoms with Crippen LogP contribution in [0.2, 0.25) is 0 Å². The van der Waals surface area contributed by atoms with E-state index in [1.165, 1.54) is 21.3 Å². The first-order chi connectivity index (χ1) is 16.8. The lowest BCUT2D eigenvalue weighted by atomic mass is 9.91. The second-order valence-electron chi connectivity index (χ2n) is 8.12. The summed E-state index contributed by atoms with van der Waals surface area (Å²) in [6, 6.07) is 7.51. The van der Waals surface area contributed by atoms with Gasteiger partial charge in [0.2, 0.25) is 11.7 Å². The molecule has 0 aliphatic carbocycles. The highest BCUT2D eigenvalue weighted by molar-refractivity contribution is 6.10. The van der Waals surface area contributed by atoms with Crippen molar-refractivity contribution < 1.29 is 38.1 Å². The molecule has 186 valence electrons. The molecule has 2 aromatic carbocycles. The van der Waals surface area contributed by atoms with Crippen molar-refractivity contribution in [2.24, 2.45) is 0 Å². The van der Waals surface area contributed by atoms with Crippen molar-refractivity contribution in [2.75, 3.05) is 46.4 Å². The minimum Gasteiger partial charge on any atom is -0.493 e. The van der Waals surface area contributed by atoms with Crippen LogP contribution in [0, 0.1) is 0 Å². The van der Waals surface area contributed by atoms with Crippen LogP contribution in [0.1, 0.15) is 18.9 Å². The van der Waals surface area contributed by atoms with Crippen molar-refractivity contribution >= 4 is 23.5 Å². The second kappa shape index (κ2) is 9.61. The molecule has 2 heterocycles. The zero-order valence-corrected chi connectivity index (χ0v) is 19.9. The van der Waals surface area contributed by atoms with Gasteiger partial charge < -0.3 is 34.3 Å². The number of anilines is 1. The number of fused-ring (bicyclic) bond motifs is 1. The summed E-state index contributed by atoms with van der Waals surface area (Å²) < 4.78 is 27.2. The van der Waals surface area contributed by atoms with Crippen LogP contribution in [0.25, 0.3) is 0 Å². The largest absolute Gasteiger partial charge is 0.493 e. The maximum absolute atomic E-state index is 13.3. The molecule has 2 aliphatic rings. The molecule has 4 amide bonds. The smallest absolute Gasteiger partial charge is 0.325 e. The molecule has 1 atom stereocenters. The summed E-state index contributed by atoms with van der Waals surface area (Å²) in [6.07, 6.45) is 0.742. The molecular weight excluding hydrogens is 458 g/mol. The first kappa shape index (κ1) is 24.0. The van der Waals surface area contributed by atoms with E-state index in [9.17, 15) is 14.4 Å². The van der Waals surface area contributed by atoms with E-state index < -0.39 is 29.9 Å². The molecule has 11 nitrogen and oxygen atoms in total. The molecule has 1 saturated heterocycles. The fraction of sp³-hybridized carbons (Fsp3) is 0.375. The van der Waals surface area contributed by atoms with Crippen LogP contribution in [-0.4, -0.2) is 63.8 Å². The van der Waals surface area contributed by atoms with Crippen molar-refractivity contribution in [3.63, 3.8) is 0 Å². The van der Waals surface area contributed by atoms with Gasteiger partial charge in [0.25, 0.3) is 5.91 Å². The van der Waals surface area contributed by atoms with E-state index in [1.54, 1.807) is 37.3 Å². The van der Waals surface area contributed by atoms with E-state index >= 15 is 0 Å². The van der Waals surface area contributed by atoms with Crippen molar-refractivity contribution in [3.05, 3.63) is 35.9 Å². The van der Waals surface area contributed by atoms with Crippen LogP contribution in [-0.2, 0) is 15.1 Å². The van der Waals surface area contributed by atoms with Crippen molar-refractivity contribution in [3.8, 4) is 28.7 Å². The number of nitrogens with zero attached hydrogens (tertiary/aromatic N) is 1. The van der Waals surface area contributed by atoms with E-state index in [0.29, 0.717) is 53.2 Å². The fourth-order valence-corrected chi connectivity index (χ4v) is 4.01. The predicted octanol–water partition coefficient (Wildman–Crippen LogP) is 2.28. The molecule has 1 fully saturated rings. The predicted molar refractivity (Wildman–Crippen MR) is 124 cm³/mol. The van der Waals surface area contributed by atoms with E-state index in [-0.39, 0.29) is 0 Å². The SMILES string of the molecule is COc1cc(NC(=O)CN2C(=O)N[C@@](C)(c3ccc4c(c3)OCCCO4)C2=O)cc(OC)c1OC. The zero-order chi connectivity index (χ0) is 25.2. The molecule has 0 radical (unpaired) electrons. The summed E-state index contributed by atoms with van der Waals surface area (Å²) in [5, 5.41) is 5.35. The lowest BCUT2D eigenvalue weighted by Gasteiger charge is -2.23. The van der Waals surface area contributed by atoms with Crippen molar-refractivity contribution in [1.82, 2.24) is 10.2 Å². The number of benzene rings is 2. The number of amides is 4. The third-order valence-corrected chi connectivity index (χ3v) is 5.85. The zero-order valence-electron chi connectivity index (χ0n) is 19.9.